The van der Waals surface area contributed by atoms with Gasteiger partial charge in [0.15, 0.2) is 0 Å². The molecule has 3 rings (SSSR count). The van der Waals surface area contributed by atoms with E-state index in [1.807, 2.05) is 0 Å². The van der Waals surface area contributed by atoms with Gasteiger partial charge in [-0.2, -0.15) is 0 Å². The molecule has 1 saturated carbocycles. The summed E-state index contributed by atoms with van der Waals surface area (Å²) in [6, 6.07) is 13.0. The smallest absolute Gasteiger partial charge is 0.240 e. The van der Waals surface area contributed by atoms with E-state index in [0.29, 0.717) is 18.5 Å². The average molecular weight is 377 g/mol. The number of anilines is 2. The van der Waals surface area contributed by atoms with Crippen molar-refractivity contribution in [3.63, 3.8) is 0 Å². The summed E-state index contributed by atoms with van der Waals surface area (Å²) in [5.74, 6) is -1.36. The lowest BCUT2D eigenvalue weighted by atomic mass is 10.0. The zero-order valence-corrected chi connectivity index (χ0v) is 13.7. The van der Waals surface area contributed by atoms with Gasteiger partial charge in [-0.15, -0.1) is 0 Å². The topological polar surface area (TPSA) is 58.2 Å². The fraction of sp³-hybridized carbons (Fsp3) is 0.176. The van der Waals surface area contributed by atoms with E-state index < -0.39 is 17.1 Å². The zero-order chi connectivity index (χ0) is 16.4. The van der Waals surface area contributed by atoms with Crippen LogP contribution in [0.5, 0.6) is 0 Å². The maximum Gasteiger partial charge on any atom is 0.240 e. The lowest BCUT2D eigenvalue weighted by Crippen LogP contribution is -2.35. The molecule has 1 fully saturated rings. The monoisotopic (exact) mass is 376 g/mol. The van der Waals surface area contributed by atoms with Crippen LogP contribution in [0.15, 0.2) is 53.0 Å². The molecule has 0 spiro atoms. The van der Waals surface area contributed by atoms with Crippen LogP contribution in [0, 0.1) is 11.2 Å². The van der Waals surface area contributed by atoms with Gasteiger partial charge in [-0.3, -0.25) is 9.59 Å². The molecule has 6 heteroatoms. The van der Waals surface area contributed by atoms with Gasteiger partial charge in [0.25, 0.3) is 0 Å². The van der Waals surface area contributed by atoms with E-state index in [9.17, 15) is 14.0 Å². The van der Waals surface area contributed by atoms with Gasteiger partial charge in [0.2, 0.25) is 11.8 Å². The number of benzene rings is 2. The first-order valence-electron chi connectivity index (χ1n) is 7.14. The van der Waals surface area contributed by atoms with Crippen molar-refractivity contribution in [2.24, 2.45) is 5.41 Å². The van der Waals surface area contributed by atoms with E-state index >= 15 is 0 Å². The predicted molar refractivity (Wildman–Crippen MR) is 89.5 cm³/mol. The second-order valence-corrected chi connectivity index (χ2v) is 6.39. The van der Waals surface area contributed by atoms with Gasteiger partial charge in [-0.25, -0.2) is 4.39 Å². The third-order valence-electron chi connectivity index (χ3n) is 3.84. The zero-order valence-electron chi connectivity index (χ0n) is 12.1. The Morgan fingerprint density at radius 1 is 0.957 bits per heavy atom. The minimum Gasteiger partial charge on any atom is -0.325 e. The van der Waals surface area contributed by atoms with Crippen molar-refractivity contribution in [2.75, 3.05) is 10.6 Å². The van der Waals surface area contributed by atoms with Gasteiger partial charge in [-0.05, 0) is 49.2 Å². The number of nitrogens with one attached hydrogen (secondary N) is 2. The Labute approximate surface area is 141 Å². The molecule has 0 radical (unpaired) electrons. The third-order valence-corrected chi connectivity index (χ3v) is 4.37. The summed E-state index contributed by atoms with van der Waals surface area (Å²) in [5, 5.41) is 5.25. The van der Waals surface area contributed by atoms with Crippen molar-refractivity contribution in [2.45, 2.75) is 12.8 Å². The average Bonchev–Trinajstić information content (AvgIpc) is 3.34. The number of para-hydroxylation sites is 1. The van der Waals surface area contributed by atoms with E-state index in [4.69, 9.17) is 0 Å². The van der Waals surface area contributed by atoms with Crippen LogP contribution in [0.3, 0.4) is 0 Å². The predicted octanol–water partition coefficient (Wildman–Crippen LogP) is 3.95. The largest absolute Gasteiger partial charge is 0.325 e. The highest BCUT2D eigenvalue weighted by Gasteiger charge is 2.56. The van der Waals surface area contributed by atoms with Crippen molar-refractivity contribution >= 4 is 39.1 Å². The molecule has 0 aliphatic heterocycles. The molecule has 4 nitrogen and oxygen atoms in total. The molecule has 0 atom stereocenters. The van der Waals surface area contributed by atoms with E-state index in [0.717, 1.165) is 4.47 Å². The number of amides is 2. The highest BCUT2D eigenvalue weighted by atomic mass is 79.9. The lowest BCUT2D eigenvalue weighted by Gasteiger charge is -2.15. The number of hydrogen-bond acceptors (Lipinski definition) is 2. The standard InChI is InChI=1S/C17H14BrFN2O2/c18-11-5-7-12(8-6-11)20-15(22)17(9-10-17)16(23)21-14-4-2-1-3-13(14)19/h1-8H,9-10H2,(H,20,22)(H,21,23). The van der Waals surface area contributed by atoms with Crippen LogP contribution >= 0.6 is 15.9 Å². The minimum atomic E-state index is -1.12. The summed E-state index contributed by atoms with van der Waals surface area (Å²) >= 11 is 3.32. The molecule has 2 aromatic carbocycles. The second-order valence-electron chi connectivity index (χ2n) is 5.48. The molecule has 23 heavy (non-hydrogen) atoms. The van der Waals surface area contributed by atoms with E-state index in [1.54, 1.807) is 30.3 Å². The quantitative estimate of drug-likeness (QED) is 0.793. The molecule has 1 aliphatic rings. The summed E-state index contributed by atoms with van der Waals surface area (Å²) in [4.78, 5) is 24.8. The summed E-state index contributed by atoms with van der Waals surface area (Å²) < 4.78 is 14.5. The Morgan fingerprint density at radius 3 is 2.17 bits per heavy atom. The van der Waals surface area contributed by atoms with Crippen LogP contribution in [-0.4, -0.2) is 11.8 Å². The number of carbonyl (C=O) groups excluding carboxylic acids is 2. The first kappa shape index (κ1) is 15.7. The highest BCUT2D eigenvalue weighted by molar-refractivity contribution is 9.10. The molecule has 0 aromatic heterocycles. The summed E-state index contributed by atoms with van der Waals surface area (Å²) in [5.41, 5.74) is -0.418. The van der Waals surface area contributed by atoms with Crippen molar-refractivity contribution in [1.82, 2.24) is 0 Å². The lowest BCUT2D eigenvalue weighted by molar-refractivity contribution is -0.131. The fourth-order valence-electron chi connectivity index (χ4n) is 2.27. The normalized spacial score (nSPS) is 14.9. The van der Waals surface area contributed by atoms with Crippen LogP contribution in [0.4, 0.5) is 15.8 Å². The van der Waals surface area contributed by atoms with E-state index in [-0.39, 0.29) is 11.6 Å². The maximum atomic E-state index is 13.6. The molecule has 0 bridgehead atoms. The van der Waals surface area contributed by atoms with Crippen molar-refractivity contribution in [3.8, 4) is 0 Å². The first-order valence-corrected chi connectivity index (χ1v) is 7.94. The Kier molecular flexibility index (Phi) is 4.17. The van der Waals surface area contributed by atoms with Gasteiger partial charge in [0.05, 0.1) is 5.69 Å². The maximum absolute atomic E-state index is 13.6. The molecule has 1 aliphatic carbocycles. The minimum absolute atomic E-state index is 0.0835. The molecule has 118 valence electrons. The van der Waals surface area contributed by atoms with Crippen LogP contribution in [-0.2, 0) is 9.59 Å². The SMILES string of the molecule is O=C(Nc1ccc(Br)cc1)C1(C(=O)Nc2ccccc2F)CC1. The van der Waals surface area contributed by atoms with Crippen LogP contribution in [0.1, 0.15) is 12.8 Å². The molecular weight excluding hydrogens is 363 g/mol. The van der Waals surface area contributed by atoms with Crippen molar-refractivity contribution in [3.05, 3.63) is 58.8 Å². The molecule has 2 aromatic rings. The number of hydrogen-bond donors (Lipinski definition) is 2. The Bertz CT molecular complexity index is 757. The number of halogens is 2. The molecule has 0 heterocycles. The van der Waals surface area contributed by atoms with E-state index in [1.165, 1.54) is 18.2 Å². The van der Waals surface area contributed by atoms with Crippen LogP contribution in [0.2, 0.25) is 0 Å². The fourth-order valence-corrected chi connectivity index (χ4v) is 2.54. The molecule has 0 unspecified atom stereocenters. The van der Waals surface area contributed by atoms with Crippen molar-refractivity contribution < 1.29 is 14.0 Å². The summed E-state index contributed by atoms with van der Waals surface area (Å²) in [7, 11) is 0. The highest BCUT2D eigenvalue weighted by Crippen LogP contribution is 2.47. The van der Waals surface area contributed by atoms with Gasteiger partial charge in [0.1, 0.15) is 11.2 Å². The molecular formula is C17H14BrFN2O2. The molecule has 2 amide bonds. The third kappa shape index (κ3) is 3.27. The van der Waals surface area contributed by atoms with Crippen molar-refractivity contribution in [1.29, 1.82) is 0 Å². The number of carbonyl (C=O) groups is 2. The van der Waals surface area contributed by atoms with Gasteiger partial charge >= 0.3 is 0 Å². The van der Waals surface area contributed by atoms with E-state index in [2.05, 4.69) is 26.6 Å². The van der Waals surface area contributed by atoms with Gasteiger partial charge in [-0.1, -0.05) is 28.1 Å². The molecule has 0 saturated heterocycles. The number of rotatable bonds is 4. The summed E-state index contributed by atoms with van der Waals surface area (Å²) in [6.45, 7) is 0. The van der Waals surface area contributed by atoms with Gasteiger partial charge < -0.3 is 10.6 Å². The summed E-state index contributed by atoms with van der Waals surface area (Å²) in [6.07, 6.45) is 0.908. The Morgan fingerprint density at radius 2 is 1.57 bits per heavy atom. The van der Waals surface area contributed by atoms with Crippen LogP contribution in [0.25, 0.3) is 0 Å². The Balaban J connectivity index is 1.71. The first-order chi connectivity index (χ1) is 11.0. The molecule has 2 N–H and O–H groups in total. The second kappa shape index (κ2) is 6.12. The van der Waals surface area contributed by atoms with Crippen LogP contribution < -0.4 is 10.6 Å². The van der Waals surface area contributed by atoms with Gasteiger partial charge in [0, 0.05) is 10.2 Å². The Hall–Kier alpha value is -2.21.